The number of nitrogens with one attached hydrogen (secondary N) is 1. The van der Waals surface area contributed by atoms with Gasteiger partial charge in [0.15, 0.2) is 0 Å². The lowest BCUT2D eigenvalue weighted by atomic mass is 10.3. The summed E-state index contributed by atoms with van der Waals surface area (Å²) in [6.07, 6.45) is 1.32. The number of carbonyl (C=O) groups excluding carboxylic acids is 1. The van der Waals surface area contributed by atoms with Gasteiger partial charge in [0.05, 0.1) is 17.4 Å². The fourth-order valence-corrected chi connectivity index (χ4v) is 1.45. The number of rotatable bonds is 4. The highest BCUT2D eigenvalue weighted by Crippen LogP contribution is 2.09. The minimum atomic E-state index is -0.652. The fourth-order valence-electron chi connectivity index (χ4n) is 1.45. The molecule has 1 N–H and O–H groups in total. The molecule has 0 saturated carbocycles. The fraction of sp³-hybridized carbons (Fsp3) is 0.0909. The van der Waals surface area contributed by atoms with E-state index >= 15 is 0 Å². The summed E-state index contributed by atoms with van der Waals surface area (Å²) >= 11 is 0. The van der Waals surface area contributed by atoms with Gasteiger partial charge < -0.3 is 15.4 Å². The molecule has 0 aliphatic heterocycles. The van der Waals surface area contributed by atoms with Gasteiger partial charge in [-0.3, -0.25) is 4.79 Å². The van der Waals surface area contributed by atoms with Crippen molar-refractivity contribution in [1.29, 1.82) is 0 Å². The first-order valence-corrected chi connectivity index (χ1v) is 5.28. The summed E-state index contributed by atoms with van der Waals surface area (Å²) in [7, 11) is 0. The maximum absolute atomic E-state index is 12.9. The van der Waals surface area contributed by atoms with E-state index in [9.17, 15) is 19.3 Å². The Balaban J connectivity index is 1.99. The molecule has 0 saturated heterocycles. The Hall–Kier alpha value is -2.77. The van der Waals surface area contributed by atoms with Crippen molar-refractivity contribution in [3.05, 3.63) is 52.5 Å². The van der Waals surface area contributed by atoms with E-state index in [1.54, 1.807) is 0 Å². The van der Waals surface area contributed by atoms with Crippen molar-refractivity contribution < 1.29 is 14.1 Å². The molecule has 1 aromatic carbocycles. The molecule has 1 aromatic heterocycles. The Kier molecular flexibility index (Phi) is 3.51. The van der Waals surface area contributed by atoms with E-state index in [0.29, 0.717) is 5.69 Å². The SMILES string of the molecule is O=C(Cn1ccc([N+](=O)[O-])n1)Nc1cccc(F)c1. The molecule has 0 fully saturated rings. The topological polar surface area (TPSA) is 90.1 Å². The number of hydrogen-bond acceptors (Lipinski definition) is 4. The zero-order chi connectivity index (χ0) is 13.8. The molecule has 19 heavy (non-hydrogen) atoms. The van der Waals surface area contributed by atoms with Crippen LogP contribution in [0.2, 0.25) is 0 Å². The quantitative estimate of drug-likeness (QED) is 0.670. The first kappa shape index (κ1) is 12.7. The third-order valence-corrected chi connectivity index (χ3v) is 2.23. The third-order valence-electron chi connectivity index (χ3n) is 2.23. The molecule has 0 aliphatic rings. The van der Waals surface area contributed by atoms with E-state index in [4.69, 9.17) is 0 Å². The predicted molar refractivity (Wildman–Crippen MR) is 63.9 cm³/mol. The van der Waals surface area contributed by atoms with E-state index in [-0.39, 0.29) is 12.4 Å². The maximum atomic E-state index is 12.9. The van der Waals surface area contributed by atoms with Gasteiger partial charge in [0.25, 0.3) is 0 Å². The first-order chi connectivity index (χ1) is 9.04. The highest BCUT2D eigenvalue weighted by Gasteiger charge is 2.13. The molecule has 0 aliphatic carbocycles. The molecular weight excluding hydrogens is 255 g/mol. The molecule has 1 heterocycles. The zero-order valence-electron chi connectivity index (χ0n) is 9.62. The number of carbonyl (C=O) groups is 1. The van der Waals surface area contributed by atoms with Gasteiger partial charge in [0.1, 0.15) is 12.4 Å². The van der Waals surface area contributed by atoms with E-state index in [0.717, 1.165) is 4.68 Å². The van der Waals surface area contributed by atoms with Crippen LogP contribution in [0.3, 0.4) is 0 Å². The number of aromatic nitrogens is 2. The van der Waals surface area contributed by atoms with Gasteiger partial charge >= 0.3 is 5.82 Å². The predicted octanol–water partition coefficient (Wildman–Crippen LogP) is 1.57. The molecule has 7 nitrogen and oxygen atoms in total. The average molecular weight is 264 g/mol. The third kappa shape index (κ3) is 3.35. The van der Waals surface area contributed by atoms with E-state index in [1.807, 2.05) is 0 Å². The molecule has 0 bridgehead atoms. The Morgan fingerprint density at radius 2 is 2.26 bits per heavy atom. The van der Waals surface area contributed by atoms with Crippen LogP contribution < -0.4 is 5.32 Å². The van der Waals surface area contributed by atoms with Gasteiger partial charge in [-0.1, -0.05) is 6.07 Å². The summed E-state index contributed by atoms with van der Waals surface area (Å²) in [5.41, 5.74) is 0.312. The van der Waals surface area contributed by atoms with Crippen molar-refractivity contribution in [1.82, 2.24) is 9.78 Å². The second-order valence-electron chi connectivity index (χ2n) is 3.69. The van der Waals surface area contributed by atoms with Gasteiger partial charge in [0.2, 0.25) is 5.91 Å². The minimum absolute atomic E-state index is 0.190. The number of nitro groups is 1. The standard InChI is InChI=1S/C11H9FN4O3/c12-8-2-1-3-9(6-8)13-11(17)7-15-5-4-10(14-15)16(18)19/h1-6H,7H2,(H,13,17). The zero-order valence-corrected chi connectivity index (χ0v) is 9.62. The summed E-state index contributed by atoms with van der Waals surface area (Å²) < 4.78 is 14.0. The van der Waals surface area contributed by atoms with Crippen LogP contribution in [-0.2, 0) is 11.3 Å². The van der Waals surface area contributed by atoms with E-state index in [2.05, 4.69) is 10.4 Å². The van der Waals surface area contributed by atoms with Gasteiger partial charge in [0, 0.05) is 5.69 Å². The van der Waals surface area contributed by atoms with E-state index < -0.39 is 16.6 Å². The number of nitrogens with zero attached hydrogens (tertiary/aromatic N) is 3. The van der Waals surface area contributed by atoms with Gasteiger partial charge in [-0.15, -0.1) is 0 Å². The van der Waals surface area contributed by atoms with Crippen LogP contribution in [0.15, 0.2) is 36.5 Å². The van der Waals surface area contributed by atoms with Crippen LogP contribution in [0, 0.1) is 15.9 Å². The molecule has 0 unspecified atom stereocenters. The minimum Gasteiger partial charge on any atom is -0.358 e. The van der Waals surface area contributed by atoms with Gasteiger partial charge in [-0.25, -0.2) is 4.39 Å². The second kappa shape index (κ2) is 5.25. The van der Waals surface area contributed by atoms with Gasteiger partial charge in [-0.05, 0) is 23.1 Å². The summed E-state index contributed by atoms with van der Waals surface area (Å²) in [5, 5.41) is 16.5. The van der Waals surface area contributed by atoms with Crippen LogP contribution in [0.25, 0.3) is 0 Å². The lowest BCUT2D eigenvalue weighted by Gasteiger charge is -2.03. The van der Waals surface area contributed by atoms with Crippen LogP contribution in [0.1, 0.15) is 0 Å². The van der Waals surface area contributed by atoms with Crippen molar-refractivity contribution in [2.75, 3.05) is 5.32 Å². The number of hydrogen-bond donors (Lipinski definition) is 1. The van der Waals surface area contributed by atoms with Crippen LogP contribution in [-0.4, -0.2) is 20.6 Å². The maximum Gasteiger partial charge on any atom is 0.389 e. The monoisotopic (exact) mass is 264 g/mol. The summed E-state index contributed by atoms with van der Waals surface area (Å²) in [4.78, 5) is 21.4. The van der Waals surface area contributed by atoms with Crippen molar-refractivity contribution in [3.63, 3.8) is 0 Å². The normalized spacial score (nSPS) is 10.2. The largest absolute Gasteiger partial charge is 0.389 e. The molecule has 1 amide bonds. The first-order valence-electron chi connectivity index (χ1n) is 5.28. The smallest absolute Gasteiger partial charge is 0.358 e. The van der Waals surface area contributed by atoms with Crippen molar-refractivity contribution in [2.45, 2.75) is 6.54 Å². The number of halogens is 1. The highest BCUT2D eigenvalue weighted by molar-refractivity contribution is 5.90. The Morgan fingerprint density at radius 1 is 1.47 bits per heavy atom. The lowest BCUT2D eigenvalue weighted by molar-refractivity contribution is -0.389. The Morgan fingerprint density at radius 3 is 2.89 bits per heavy atom. The number of amides is 1. The van der Waals surface area contributed by atoms with Crippen LogP contribution in [0.5, 0.6) is 0 Å². The highest BCUT2D eigenvalue weighted by atomic mass is 19.1. The number of anilines is 1. The van der Waals surface area contributed by atoms with Crippen LogP contribution >= 0.6 is 0 Å². The second-order valence-corrected chi connectivity index (χ2v) is 3.69. The molecule has 0 spiro atoms. The van der Waals surface area contributed by atoms with E-state index in [1.165, 1.54) is 36.5 Å². The summed E-state index contributed by atoms with van der Waals surface area (Å²) in [6.45, 7) is -0.190. The molecule has 0 atom stereocenters. The van der Waals surface area contributed by atoms with Gasteiger partial charge in [-0.2, -0.15) is 4.68 Å². The summed E-state index contributed by atoms with van der Waals surface area (Å²) in [5.74, 6) is -1.25. The molecule has 98 valence electrons. The molecule has 2 aromatic rings. The van der Waals surface area contributed by atoms with Crippen LogP contribution in [0.4, 0.5) is 15.9 Å². The summed E-state index contributed by atoms with van der Waals surface area (Å²) in [6, 6.07) is 6.61. The lowest BCUT2D eigenvalue weighted by Crippen LogP contribution is -2.19. The Labute approximate surface area is 106 Å². The molecule has 0 radical (unpaired) electrons. The number of benzene rings is 1. The molecule has 8 heteroatoms. The molecular formula is C11H9FN4O3. The molecule has 2 rings (SSSR count). The van der Waals surface area contributed by atoms with Crippen molar-refractivity contribution in [3.8, 4) is 0 Å². The van der Waals surface area contributed by atoms with Crippen molar-refractivity contribution in [2.24, 2.45) is 0 Å². The van der Waals surface area contributed by atoms with Crippen molar-refractivity contribution >= 4 is 17.4 Å². The average Bonchev–Trinajstić information content (AvgIpc) is 2.77. The Bertz CT molecular complexity index is 626.